The van der Waals surface area contributed by atoms with Crippen molar-refractivity contribution in [1.82, 2.24) is 15.4 Å². The van der Waals surface area contributed by atoms with E-state index in [0.717, 1.165) is 50.5 Å². The summed E-state index contributed by atoms with van der Waals surface area (Å²) in [4.78, 5) is 2.34. The summed E-state index contributed by atoms with van der Waals surface area (Å²) < 4.78 is 11.1. The molecule has 1 N–H and O–H groups in total. The summed E-state index contributed by atoms with van der Waals surface area (Å²) in [5.74, 6) is 0.821. The molecule has 102 valence electrons. The summed E-state index contributed by atoms with van der Waals surface area (Å²) >= 11 is 0. The molecule has 0 unspecified atom stereocenters. The summed E-state index contributed by atoms with van der Waals surface area (Å²) in [7, 11) is 2.15. The van der Waals surface area contributed by atoms with Crippen molar-refractivity contribution in [2.24, 2.45) is 0 Å². The van der Waals surface area contributed by atoms with Crippen molar-refractivity contribution in [1.29, 1.82) is 0 Å². The molecule has 0 radical (unpaired) electrons. The lowest BCUT2D eigenvalue weighted by Crippen LogP contribution is -2.34. The Labute approximate surface area is 108 Å². The normalized spacial score (nSPS) is 18.3. The zero-order chi connectivity index (χ0) is 12.8. The first-order chi connectivity index (χ1) is 8.78. The van der Waals surface area contributed by atoms with Crippen molar-refractivity contribution >= 4 is 0 Å². The van der Waals surface area contributed by atoms with Gasteiger partial charge in [0.25, 0.3) is 0 Å². The van der Waals surface area contributed by atoms with E-state index in [9.17, 15) is 0 Å². The third-order valence-corrected chi connectivity index (χ3v) is 3.29. The molecule has 18 heavy (non-hydrogen) atoms. The van der Waals surface area contributed by atoms with Gasteiger partial charge in [-0.3, -0.25) is 0 Å². The highest BCUT2D eigenvalue weighted by atomic mass is 16.5. The molecule has 2 heterocycles. The van der Waals surface area contributed by atoms with Crippen molar-refractivity contribution in [3.8, 4) is 0 Å². The third kappa shape index (κ3) is 4.08. The van der Waals surface area contributed by atoms with Gasteiger partial charge < -0.3 is 19.5 Å². The fourth-order valence-corrected chi connectivity index (χ4v) is 2.11. The lowest BCUT2D eigenvalue weighted by Gasteiger charge is -2.28. The van der Waals surface area contributed by atoms with Crippen molar-refractivity contribution in [2.45, 2.75) is 39.0 Å². The maximum atomic E-state index is 5.85. The predicted molar refractivity (Wildman–Crippen MR) is 69.2 cm³/mol. The van der Waals surface area contributed by atoms with Crippen LogP contribution < -0.4 is 5.32 Å². The molecule has 0 aromatic carbocycles. The standard InChI is InChI=1S/C13H23N3O2/c1-3-14-9-11-8-13(18-15-11)10-17-12-4-6-16(2)7-5-12/h8,12,14H,3-7,9-10H2,1-2H3. The molecule has 0 aliphatic carbocycles. The highest BCUT2D eigenvalue weighted by Gasteiger charge is 2.17. The number of piperidine rings is 1. The van der Waals surface area contributed by atoms with Crippen LogP contribution in [0.1, 0.15) is 31.2 Å². The van der Waals surface area contributed by atoms with E-state index < -0.39 is 0 Å². The Balaban J connectivity index is 1.71. The van der Waals surface area contributed by atoms with Gasteiger partial charge in [0.15, 0.2) is 5.76 Å². The SMILES string of the molecule is CCNCc1cc(COC2CCN(C)CC2)on1. The molecule has 5 heteroatoms. The molecule has 0 atom stereocenters. The van der Waals surface area contributed by atoms with Gasteiger partial charge in [-0.2, -0.15) is 0 Å². The highest BCUT2D eigenvalue weighted by molar-refractivity contribution is 5.04. The fourth-order valence-electron chi connectivity index (χ4n) is 2.11. The van der Waals surface area contributed by atoms with E-state index in [1.807, 2.05) is 6.07 Å². The van der Waals surface area contributed by atoms with Crippen LogP contribution in [-0.4, -0.2) is 42.8 Å². The molecule has 1 fully saturated rings. The molecular formula is C13H23N3O2. The predicted octanol–water partition coefficient (Wildman–Crippen LogP) is 1.39. The highest BCUT2D eigenvalue weighted by Crippen LogP contribution is 2.14. The number of aromatic nitrogens is 1. The fraction of sp³-hybridized carbons (Fsp3) is 0.769. The van der Waals surface area contributed by atoms with Crippen LogP contribution in [0.25, 0.3) is 0 Å². The van der Waals surface area contributed by atoms with E-state index in [4.69, 9.17) is 9.26 Å². The van der Waals surface area contributed by atoms with Crippen LogP contribution in [0, 0.1) is 0 Å². The van der Waals surface area contributed by atoms with Crippen LogP contribution in [0.5, 0.6) is 0 Å². The van der Waals surface area contributed by atoms with Gasteiger partial charge in [0.2, 0.25) is 0 Å². The second kappa shape index (κ2) is 6.87. The molecule has 0 amide bonds. The maximum absolute atomic E-state index is 5.85. The molecule has 1 aromatic heterocycles. The summed E-state index contributed by atoms with van der Waals surface area (Å²) in [5.41, 5.74) is 0.943. The van der Waals surface area contributed by atoms with Gasteiger partial charge in [0.05, 0.1) is 11.8 Å². The summed E-state index contributed by atoms with van der Waals surface area (Å²) in [6.45, 7) is 6.54. The van der Waals surface area contributed by atoms with Gasteiger partial charge in [-0.1, -0.05) is 12.1 Å². The van der Waals surface area contributed by atoms with E-state index in [0.29, 0.717) is 12.7 Å². The first-order valence-corrected chi connectivity index (χ1v) is 6.73. The Kier molecular flexibility index (Phi) is 5.16. The minimum atomic E-state index is 0.364. The number of hydrogen-bond donors (Lipinski definition) is 1. The summed E-state index contributed by atoms with van der Waals surface area (Å²) in [6, 6.07) is 1.97. The molecule has 1 saturated heterocycles. The average molecular weight is 253 g/mol. The van der Waals surface area contributed by atoms with Gasteiger partial charge in [-0.05, 0) is 26.4 Å². The first kappa shape index (κ1) is 13.5. The minimum absolute atomic E-state index is 0.364. The third-order valence-electron chi connectivity index (χ3n) is 3.29. The molecular weight excluding hydrogens is 230 g/mol. The van der Waals surface area contributed by atoms with E-state index in [1.165, 1.54) is 0 Å². The number of hydrogen-bond acceptors (Lipinski definition) is 5. The van der Waals surface area contributed by atoms with Gasteiger partial charge >= 0.3 is 0 Å². The van der Waals surface area contributed by atoms with Gasteiger partial charge in [-0.15, -0.1) is 0 Å². The largest absolute Gasteiger partial charge is 0.370 e. The number of rotatable bonds is 6. The lowest BCUT2D eigenvalue weighted by atomic mass is 10.1. The van der Waals surface area contributed by atoms with E-state index >= 15 is 0 Å². The smallest absolute Gasteiger partial charge is 0.162 e. The van der Waals surface area contributed by atoms with Crippen LogP contribution in [0.3, 0.4) is 0 Å². The summed E-state index contributed by atoms with van der Waals surface area (Å²) in [6.07, 6.45) is 2.58. The lowest BCUT2D eigenvalue weighted by molar-refractivity contribution is -0.00652. The van der Waals surface area contributed by atoms with Gasteiger partial charge in [0, 0.05) is 25.7 Å². The first-order valence-electron chi connectivity index (χ1n) is 6.73. The zero-order valence-electron chi connectivity index (χ0n) is 11.3. The van der Waals surface area contributed by atoms with Gasteiger partial charge in [-0.25, -0.2) is 0 Å². The topological polar surface area (TPSA) is 50.5 Å². The second-order valence-electron chi connectivity index (χ2n) is 4.88. The Hall–Kier alpha value is -0.910. The number of ether oxygens (including phenoxy) is 1. The van der Waals surface area contributed by atoms with Crippen molar-refractivity contribution < 1.29 is 9.26 Å². The Morgan fingerprint density at radius 2 is 2.28 bits per heavy atom. The summed E-state index contributed by atoms with van der Waals surface area (Å²) in [5, 5.41) is 7.22. The average Bonchev–Trinajstić information content (AvgIpc) is 2.84. The van der Waals surface area contributed by atoms with Crippen molar-refractivity contribution in [2.75, 3.05) is 26.7 Å². The quantitative estimate of drug-likeness (QED) is 0.830. The van der Waals surface area contributed by atoms with Crippen LogP contribution >= 0.6 is 0 Å². The van der Waals surface area contributed by atoms with E-state index in [2.05, 4.69) is 29.3 Å². The number of likely N-dealkylation sites (tertiary alicyclic amines) is 1. The molecule has 1 aromatic rings. The molecule has 1 aliphatic rings. The molecule has 2 rings (SSSR count). The van der Waals surface area contributed by atoms with Crippen molar-refractivity contribution in [3.05, 3.63) is 17.5 Å². The Bertz CT molecular complexity index is 346. The molecule has 1 aliphatic heterocycles. The zero-order valence-corrected chi connectivity index (χ0v) is 11.3. The molecule has 0 bridgehead atoms. The number of nitrogens with one attached hydrogen (secondary N) is 1. The van der Waals surface area contributed by atoms with E-state index in [1.54, 1.807) is 0 Å². The minimum Gasteiger partial charge on any atom is -0.370 e. The Morgan fingerprint density at radius 1 is 1.50 bits per heavy atom. The van der Waals surface area contributed by atoms with Crippen LogP contribution in [0.2, 0.25) is 0 Å². The van der Waals surface area contributed by atoms with Crippen LogP contribution in [-0.2, 0) is 17.9 Å². The molecule has 5 nitrogen and oxygen atoms in total. The van der Waals surface area contributed by atoms with Crippen molar-refractivity contribution in [3.63, 3.8) is 0 Å². The molecule has 0 saturated carbocycles. The Morgan fingerprint density at radius 3 is 3.00 bits per heavy atom. The second-order valence-corrected chi connectivity index (χ2v) is 4.88. The van der Waals surface area contributed by atoms with Crippen LogP contribution in [0.4, 0.5) is 0 Å². The maximum Gasteiger partial charge on any atom is 0.162 e. The molecule has 0 spiro atoms. The number of nitrogens with zero attached hydrogens (tertiary/aromatic N) is 2. The van der Waals surface area contributed by atoms with Gasteiger partial charge in [0.1, 0.15) is 6.61 Å². The monoisotopic (exact) mass is 253 g/mol. The van der Waals surface area contributed by atoms with E-state index in [-0.39, 0.29) is 0 Å². The van der Waals surface area contributed by atoms with Crippen LogP contribution in [0.15, 0.2) is 10.6 Å².